The Morgan fingerprint density at radius 1 is 0.290 bits per heavy atom. The van der Waals surface area contributed by atoms with E-state index in [4.69, 9.17) is 69.8 Å². The van der Waals surface area contributed by atoms with E-state index in [9.17, 15) is 39.0 Å². The molecule has 0 spiro atoms. The molecule has 12 aromatic heterocycles. The monoisotopic (exact) mass is 2080 g/mol. The van der Waals surface area contributed by atoms with Gasteiger partial charge in [-0.2, -0.15) is 0 Å². The van der Waals surface area contributed by atoms with Crippen molar-refractivity contribution in [3.05, 3.63) is 383 Å². The number of nitrogens with two attached hydrogens (primary N) is 4. The molecule has 31 nitrogen and oxygen atoms in total. The van der Waals surface area contributed by atoms with Crippen LogP contribution in [0.3, 0.4) is 0 Å². The fourth-order valence-corrected chi connectivity index (χ4v) is 20.9. The highest BCUT2D eigenvalue weighted by atomic mass is 35.5. The number of esters is 2. The van der Waals surface area contributed by atoms with E-state index in [1.54, 1.807) is 69.3 Å². The Morgan fingerprint density at radius 3 is 0.966 bits per heavy atom. The van der Waals surface area contributed by atoms with Crippen molar-refractivity contribution in [3.8, 4) is 70.3 Å². The molecular weight excluding hydrogens is 2000 g/mol. The van der Waals surface area contributed by atoms with E-state index in [1.165, 1.54) is 93.9 Å². The van der Waals surface area contributed by atoms with Crippen LogP contribution in [0.4, 0.5) is 0 Å². The molecule has 22 rings (SSSR count). The molecule has 0 unspecified atom stereocenters. The van der Waals surface area contributed by atoms with E-state index in [0.29, 0.717) is 84.0 Å². The van der Waals surface area contributed by atoms with Gasteiger partial charge in [0.1, 0.15) is 154 Å². The van der Waals surface area contributed by atoms with Gasteiger partial charge in [0.05, 0.1) is 87.5 Å². The average molecular weight is 2090 g/mol. The highest BCUT2D eigenvalue weighted by molar-refractivity contribution is 7.18. The largest absolute Gasteiger partial charge is 0.506 e. The number of nitrogens with zero attached hydrogens (tertiary/aromatic N) is 12. The van der Waals surface area contributed by atoms with Gasteiger partial charge in [-0.3, -0.25) is 46.6 Å². The van der Waals surface area contributed by atoms with Crippen molar-refractivity contribution < 1.29 is 72.1 Å². The van der Waals surface area contributed by atoms with Crippen LogP contribution >= 0.6 is 91.2 Å². The van der Waals surface area contributed by atoms with Crippen molar-refractivity contribution in [2.24, 2.45) is 22.9 Å². The first kappa shape index (κ1) is 99.8. The van der Waals surface area contributed by atoms with Gasteiger partial charge in [-0.25, -0.2) is 39.5 Å². The van der Waals surface area contributed by atoms with Crippen LogP contribution in [0, 0.1) is 20.8 Å². The van der Waals surface area contributed by atoms with Crippen molar-refractivity contribution in [3.63, 3.8) is 0 Å². The lowest BCUT2D eigenvalue weighted by Gasteiger charge is -2.07. The molecule has 0 aliphatic heterocycles. The number of imidazole rings is 6. The molecule has 0 aliphatic carbocycles. The summed E-state index contributed by atoms with van der Waals surface area (Å²) >= 11 is 19.4. The Bertz CT molecular complexity index is 8340. The Morgan fingerprint density at radius 2 is 0.593 bits per heavy atom. The van der Waals surface area contributed by atoms with E-state index in [0.717, 1.165) is 130 Å². The summed E-state index contributed by atoms with van der Waals surface area (Å²) in [5.74, 6) is -0.665. The molecule has 10 N–H and O–H groups in total. The number of amides is 4. The van der Waals surface area contributed by atoms with E-state index in [2.05, 4.69) is 39.4 Å². The normalized spacial score (nSPS) is 10.9. The molecule has 0 fully saturated rings. The number of rotatable bonds is 25. The third-order valence-corrected chi connectivity index (χ3v) is 29.3. The lowest BCUT2D eigenvalue weighted by Crippen LogP contribution is -2.10. The summed E-state index contributed by atoms with van der Waals surface area (Å²) in [6, 6.07) is 83.9. The molecule has 0 radical (unpaired) electrons. The fourth-order valence-electron chi connectivity index (χ4n) is 14.9. The summed E-state index contributed by atoms with van der Waals surface area (Å²) in [5, 5.41) is 25.7. The van der Waals surface area contributed by atoms with Crippen LogP contribution in [-0.4, -0.2) is 124 Å². The minimum atomic E-state index is -0.543. The number of carbonyl (C=O) groups is 6. The number of hydrogen-bond acceptors (Lipinski definition) is 27. The van der Waals surface area contributed by atoms with E-state index in [-0.39, 0.29) is 21.3 Å². The first-order valence-electron chi connectivity index (χ1n) is 44.0. The molecule has 0 bridgehead atoms. The zero-order valence-electron chi connectivity index (χ0n) is 77.8. The number of ether oxygens (including phenoxy) is 7. The number of carbonyl (C=O) groups excluding carboxylic acids is 6. The summed E-state index contributed by atoms with van der Waals surface area (Å²) in [7, 11) is 4.19. The second-order valence-electron chi connectivity index (χ2n) is 32.0. The number of primary amides is 4. The Balaban J connectivity index is 0.000000120. The molecule has 0 saturated carbocycles. The predicted octanol–water partition coefficient (Wildman–Crippen LogP) is 22.5. The third kappa shape index (κ3) is 23.2. The van der Waals surface area contributed by atoms with Gasteiger partial charge in [0.15, 0.2) is 9.75 Å². The molecular formula is C106H86Cl2N16O15S6. The number of halogens is 2. The van der Waals surface area contributed by atoms with Crippen LogP contribution in [0.2, 0.25) is 10.0 Å². The quantitative estimate of drug-likeness (QED) is 0.0289. The SMILES string of the molecule is COC(=O)c1sc(-n2cnc3cc(C)ccc32)cc1O.COC(=O)c1sc(-n2cnc3ccc(C)cc32)cc1O.COc1cccc(COc2cc(-n3cnc4ccccc43)sc2C(N)=O)c1.Cc1ccc(COc2cc(-n3cnc4ccccc43)sc2C(N)=O)cc1.NC(=O)c1sc(-n2cnc3ccccc32)cc1OCc1ccc(Cl)cc1.NC(=O)c1sc(-n2cnc3ccccc32)cc1OCc1cccc(Cl)c1. The number of methoxy groups -OCH3 is 3. The van der Waals surface area contributed by atoms with Gasteiger partial charge in [-0.05, 0) is 163 Å². The number of fused-ring (bicyclic) bond motifs is 6. The van der Waals surface area contributed by atoms with Crippen LogP contribution in [0.1, 0.15) is 97.0 Å². The second kappa shape index (κ2) is 45.0. The van der Waals surface area contributed by atoms with E-state index >= 15 is 0 Å². The maximum atomic E-state index is 11.9. The Kier molecular flexibility index (Phi) is 31.0. The van der Waals surface area contributed by atoms with Crippen LogP contribution in [0.15, 0.2) is 305 Å². The van der Waals surface area contributed by atoms with E-state index in [1.807, 2.05) is 285 Å². The number of aromatic hydroxyl groups is 2. The van der Waals surface area contributed by atoms with Crippen LogP contribution < -0.4 is 46.6 Å². The Hall–Kier alpha value is -16.8. The first-order chi connectivity index (χ1) is 70.2. The summed E-state index contributed by atoms with van der Waals surface area (Å²) in [6.07, 6.45) is 10.3. The molecule has 12 heterocycles. The summed E-state index contributed by atoms with van der Waals surface area (Å²) < 4.78 is 49.4. The van der Waals surface area contributed by atoms with E-state index < -0.39 is 35.6 Å². The predicted molar refractivity (Wildman–Crippen MR) is 568 cm³/mol. The van der Waals surface area contributed by atoms with Crippen molar-refractivity contribution >= 4 is 193 Å². The molecule has 730 valence electrons. The molecule has 145 heavy (non-hydrogen) atoms. The minimum absolute atomic E-state index is 0.0775. The van der Waals surface area contributed by atoms with Crippen molar-refractivity contribution in [1.82, 2.24) is 57.3 Å². The number of benzene rings is 10. The smallest absolute Gasteiger partial charge is 0.351 e. The molecule has 0 atom stereocenters. The van der Waals surface area contributed by atoms with Gasteiger partial charge in [-0.15, -0.1) is 68.0 Å². The highest BCUT2D eigenvalue weighted by Crippen LogP contribution is 2.42. The first-order valence-corrected chi connectivity index (χ1v) is 49.7. The average Bonchev–Trinajstić information content (AvgIpc) is 1.66. The van der Waals surface area contributed by atoms with Gasteiger partial charge in [0.2, 0.25) is 0 Å². The fraction of sp³-hybridized carbons (Fsp3) is 0.0943. The number of hydrogen-bond donors (Lipinski definition) is 6. The van der Waals surface area contributed by atoms with Crippen molar-refractivity contribution in [1.29, 1.82) is 0 Å². The van der Waals surface area contributed by atoms with Gasteiger partial charge in [-0.1, -0.05) is 150 Å². The van der Waals surface area contributed by atoms with Crippen LogP contribution in [0.5, 0.6) is 40.2 Å². The van der Waals surface area contributed by atoms with Crippen molar-refractivity contribution in [2.45, 2.75) is 47.2 Å². The maximum absolute atomic E-state index is 11.9. The van der Waals surface area contributed by atoms with Gasteiger partial charge < -0.3 is 66.3 Å². The zero-order valence-corrected chi connectivity index (χ0v) is 84.2. The number of aryl methyl sites for hydroxylation is 3. The topological polar surface area (TPSA) is 418 Å². The molecule has 39 heteroatoms. The second-order valence-corrected chi connectivity index (χ2v) is 39.1. The minimum Gasteiger partial charge on any atom is -0.506 e. The maximum Gasteiger partial charge on any atom is 0.351 e. The Labute approximate surface area is 860 Å². The number of aromatic nitrogens is 12. The van der Waals surface area contributed by atoms with Gasteiger partial charge in [0.25, 0.3) is 23.6 Å². The lowest BCUT2D eigenvalue weighted by atomic mass is 10.2. The molecule has 0 aliphatic rings. The molecule has 0 saturated heterocycles. The zero-order chi connectivity index (χ0) is 102. The van der Waals surface area contributed by atoms with Crippen molar-refractivity contribution in [2.75, 3.05) is 21.3 Å². The summed E-state index contributed by atoms with van der Waals surface area (Å²) in [4.78, 5) is 98.6. The van der Waals surface area contributed by atoms with Crippen LogP contribution in [-0.2, 0) is 35.9 Å². The molecule has 22 aromatic rings. The highest BCUT2D eigenvalue weighted by Gasteiger charge is 2.26. The van der Waals surface area contributed by atoms with Gasteiger partial charge in [0, 0.05) is 46.4 Å². The van der Waals surface area contributed by atoms with Crippen LogP contribution in [0.25, 0.3) is 96.2 Å². The lowest BCUT2D eigenvalue weighted by molar-refractivity contribution is 0.0594. The number of para-hydroxylation sites is 8. The molecule has 10 aromatic carbocycles. The molecule has 4 amide bonds. The standard InChI is InChI=1S/C20H17N3O3S.C20H17N3O2S.2C19H14ClN3O2S.2C14H12N2O3S/c1-25-14-6-4-5-13(9-14)11-26-17-10-18(27-19(17)20(21)24)23-12-22-15-7-2-3-8-16(15)23;1-13-6-8-14(9-7-13)11-25-17-10-18(26-19(17)20(21)24)23-12-22-15-4-2-3-5-16(15)23;20-13-5-3-4-12(8-13)10-25-16-9-17(26-18(16)19(21)24)23-11-22-14-6-1-2-7-15(14)23;20-13-7-5-12(6-8-13)10-25-16-9-17(26-18(16)19(21)24)23-11-22-14-3-1-2-4-15(14)23;1-8-3-4-10-9(5-8)15-7-16(10)12-6-11(17)13(20-12)14(18)19-2;1-8-3-4-9-10(5-8)16(7-15-9)12-6-11(17)13(20-12)14(18)19-2/h2-10,12H,11H2,1H3,(H2,21,24);2-10,12H,11H2,1H3,(H2,21,24);2*1-9,11H,10H2,(H2,21,24);2*3-7,17H,1-2H3. The number of thiophene rings is 6. The third-order valence-electron chi connectivity index (χ3n) is 22.1. The summed E-state index contributed by atoms with van der Waals surface area (Å²) in [6.45, 7) is 7.34. The summed E-state index contributed by atoms with van der Waals surface area (Å²) in [5.41, 5.74) is 40.4. The van der Waals surface area contributed by atoms with Gasteiger partial charge >= 0.3 is 11.9 Å².